The van der Waals surface area contributed by atoms with Gasteiger partial charge in [0.1, 0.15) is 6.04 Å². The molecule has 9 nitrogen and oxygen atoms in total. The molecule has 112 valence electrons. The number of carbonyl (C=O) groups is 2. The summed E-state index contributed by atoms with van der Waals surface area (Å²) < 4.78 is 0. The average Bonchev–Trinajstić information content (AvgIpc) is 2.45. The molecule has 9 heteroatoms. The van der Waals surface area contributed by atoms with Crippen LogP contribution in [0, 0.1) is 10.1 Å². The van der Waals surface area contributed by atoms with E-state index in [0.29, 0.717) is 17.8 Å². The van der Waals surface area contributed by atoms with E-state index in [1.807, 2.05) is 0 Å². The molecule has 1 fully saturated rings. The van der Waals surface area contributed by atoms with Crippen LogP contribution >= 0.6 is 0 Å². The van der Waals surface area contributed by atoms with Crippen LogP contribution in [0.5, 0.6) is 0 Å². The van der Waals surface area contributed by atoms with Gasteiger partial charge in [0.05, 0.1) is 17.2 Å². The predicted octanol–water partition coefficient (Wildman–Crippen LogP) is 0.122. The van der Waals surface area contributed by atoms with Crippen molar-refractivity contribution < 1.29 is 14.5 Å². The molecule has 2 rings (SSSR count). The molecule has 0 radical (unpaired) electrons. The molecule has 2 amide bonds. The van der Waals surface area contributed by atoms with Crippen molar-refractivity contribution in [1.82, 2.24) is 5.32 Å². The lowest BCUT2D eigenvalue weighted by Crippen LogP contribution is -2.58. The first kappa shape index (κ1) is 14.7. The highest BCUT2D eigenvalue weighted by Crippen LogP contribution is 2.29. The second-order valence-electron chi connectivity index (χ2n) is 4.60. The van der Waals surface area contributed by atoms with Gasteiger partial charge in [-0.25, -0.2) is 0 Å². The number of nitro groups is 1. The van der Waals surface area contributed by atoms with E-state index in [-0.39, 0.29) is 12.2 Å². The highest BCUT2D eigenvalue weighted by Gasteiger charge is 2.33. The number of piperazine rings is 1. The van der Waals surface area contributed by atoms with E-state index in [1.165, 1.54) is 17.0 Å². The Balaban J connectivity index is 2.47. The zero-order chi connectivity index (χ0) is 15.6. The minimum Gasteiger partial charge on any atom is -0.350 e. The Kier molecular flexibility index (Phi) is 4.03. The standard InChI is InChI=1S/C12H15N5O4/c1-2-10-12(19)14-11(18)6-16(10)8-3-7(15-13)4-9(5-8)17(20)21/h3-5,10,15H,2,6,13H2,1H3,(H,14,18,19). The second kappa shape index (κ2) is 5.75. The van der Waals surface area contributed by atoms with E-state index in [4.69, 9.17) is 5.84 Å². The van der Waals surface area contributed by atoms with Gasteiger partial charge >= 0.3 is 0 Å². The van der Waals surface area contributed by atoms with Crippen LogP contribution in [-0.4, -0.2) is 29.3 Å². The van der Waals surface area contributed by atoms with Crippen LogP contribution in [0.25, 0.3) is 0 Å². The normalized spacial score (nSPS) is 18.4. The maximum Gasteiger partial charge on any atom is 0.273 e. The van der Waals surface area contributed by atoms with Gasteiger partial charge in [-0.1, -0.05) is 6.92 Å². The number of imide groups is 1. The van der Waals surface area contributed by atoms with Gasteiger partial charge in [0.15, 0.2) is 0 Å². The molecule has 1 unspecified atom stereocenters. The highest BCUT2D eigenvalue weighted by molar-refractivity contribution is 6.04. The summed E-state index contributed by atoms with van der Waals surface area (Å²) in [6.07, 6.45) is 0.465. The number of nitrogens with one attached hydrogen (secondary N) is 2. The van der Waals surface area contributed by atoms with Gasteiger partial charge in [-0.05, 0) is 12.5 Å². The van der Waals surface area contributed by atoms with E-state index < -0.39 is 22.8 Å². The molecule has 1 saturated heterocycles. The summed E-state index contributed by atoms with van der Waals surface area (Å²) in [4.78, 5) is 35.3. The molecular weight excluding hydrogens is 278 g/mol. The number of anilines is 2. The largest absolute Gasteiger partial charge is 0.350 e. The lowest BCUT2D eigenvalue weighted by atomic mass is 10.1. The minimum atomic E-state index is -0.560. The number of nitro benzene ring substituents is 1. The zero-order valence-electron chi connectivity index (χ0n) is 11.3. The molecular formula is C12H15N5O4. The topological polar surface area (TPSA) is 131 Å². The minimum absolute atomic E-state index is 0.0462. The first-order valence-corrected chi connectivity index (χ1v) is 6.32. The Morgan fingerprint density at radius 3 is 2.76 bits per heavy atom. The van der Waals surface area contributed by atoms with E-state index in [0.717, 1.165) is 0 Å². The van der Waals surface area contributed by atoms with Gasteiger partial charge in [-0.15, -0.1) is 0 Å². The van der Waals surface area contributed by atoms with Crippen molar-refractivity contribution in [3.63, 3.8) is 0 Å². The van der Waals surface area contributed by atoms with Crippen molar-refractivity contribution in [3.05, 3.63) is 28.3 Å². The summed E-state index contributed by atoms with van der Waals surface area (Å²) in [5, 5.41) is 13.2. The van der Waals surface area contributed by atoms with E-state index in [1.54, 1.807) is 13.0 Å². The number of benzene rings is 1. The van der Waals surface area contributed by atoms with Crippen LogP contribution in [0.15, 0.2) is 18.2 Å². The summed E-state index contributed by atoms with van der Waals surface area (Å²) in [6.45, 7) is 1.75. The van der Waals surface area contributed by atoms with E-state index in [2.05, 4.69) is 10.7 Å². The average molecular weight is 293 g/mol. The van der Waals surface area contributed by atoms with Gasteiger partial charge in [-0.3, -0.25) is 30.9 Å². The molecule has 4 N–H and O–H groups in total. The van der Waals surface area contributed by atoms with Crippen LogP contribution in [-0.2, 0) is 9.59 Å². The summed E-state index contributed by atoms with van der Waals surface area (Å²) in [7, 11) is 0. The van der Waals surface area contributed by atoms with E-state index in [9.17, 15) is 19.7 Å². The number of non-ortho nitro benzene ring substituents is 1. The zero-order valence-corrected chi connectivity index (χ0v) is 11.3. The fourth-order valence-corrected chi connectivity index (χ4v) is 2.29. The molecule has 1 aliphatic rings. The molecule has 1 aromatic rings. The summed E-state index contributed by atoms with van der Waals surface area (Å²) in [5.41, 5.74) is 2.89. The lowest BCUT2D eigenvalue weighted by molar-refractivity contribution is -0.384. The number of nitrogens with zero attached hydrogens (tertiary/aromatic N) is 2. The van der Waals surface area contributed by atoms with Gasteiger partial charge in [0.25, 0.3) is 5.69 Å². The van der Waals surface area contributed by atoms with Crippen LogP contribution < -0.4 is 21.5 Å². The molecule has 0 spiro atoms. The smallest absolute Gasteiger partial charge is 0.273 e. The van der Waals surface area contributed by atoms with Crippen molar-refractivity contribution in [2.45, 2.75) is 19.4 Å². The Bertz CT molecular complexity index is 603. The molecule has 1 atom stereocenters. The SMILES string of the molecule is CCC1C(=O)NC(=O)CN1c1cc(NN)cc([N+](=O)[O-])c1. The summed E-state index contributed by atoms with van der Waals surface area (Å²) in [6, 6.07) is 3.59. The number of hydrazine groups is 1. The molecule has 0 saturated carbocycles. The number of amides is 2. The molecule has 1 aliphatic heterocycles. The number of nitrogen functional groups attached to an aromatic ring is 1. The third-order valence-electron chi connectivity index (χ3n) is 3.25. The molecule has 0 aromatic heterocycles. The summed E-state index contributed by atoms with van der Waals surface area (Å²) in [5.74, 6) is 4.44. The van der Waals surface area contributed by atoms with E-state index >= 15 is 0 Å². The van der Waals surface area contributed by atoms with Crippen LogP contribution in [0.3, 0.4) is 0 Å². The maximum atomic E-state index is 11.8. The van der Waals surface area contributed by atoms with Gasteiger partial charge in [0, 0.05) is 17.8 Å². The van der Waals surface area contributed by atoms with Crippen molar-refractivity contribution in [2.24, 2.45) is 5.84 Å². The van der Waals surface area contributed by atoms with Gasteiger partial charge < -0.3 is 10.3 Å². The summed E-state index contributed by atoms with van der Waals surface area (Å²) >= 11 is 0. The third kappa shape index (κ3) is 2.92. The van der Waals surface area contributed by atoms with Gasteiger partial charge in [0.2, 0.25) is 11.8 Å². The van der Waals surface area contributed by atoms with Crippen molar-refractivity contribution in [3.8, 4) is 0 Å². The van der Waals surface area contributed by atoms with Crippen molar-refractivity contribution >= 4 is 28.9 Å². The number of nitrogens with two attached hydrogens (primary N) is 1. The Hall–Kier alpha value is -2.68. The van der Waals surface area contributed by atoms with Crippen molar-refractivity contribution in [2.75, 3.05) is 16.9 Å². The van der Waals surface area contributed by atoms with Gasteiger partial charge in [-0.2, -0.15) is 0 Å². The van der Waals surface area contributed by atoms with Crippen LogP contribution in [0.4, 0.5) is 17.1 Å². The number of hydrogen-bond acceptors (Lipinski definition) is 7. The Morgan fingerprint density at radius 1 is 1.48 bits per heavy atom. The molecule has 0 aliphatic carbocycles. The highest BCUT2D eigenvalue weighted by atomic mass is 16.6. The second-order valence-corrected chi connectivity index (χ2v) is 4.60. The first-order valence-electron chi connectivity index (χ1n) is 6.32. The Morgan fingerprint density at radius 2 is 2.19 bits per heavy atom. The predicted molar refractivity (Wildman–Crippen MR) is 75.5 cm³/mol. The fraction of sp³-hybridized carbons (Fsp3) is 0.333. The third-order valence-corrected chi connectivity index (χ3v) is 3.25. The van der Waals surface area contributed by atoms with Crippen LogP contribution in [0.2, 0.25) is 0 Å². The monoisotopic (exact) mass is 293 g/mol. The van der Waals surface area contributed by atoms with Crippen LogP contribution in [0.1, 0.15) is 13.3 Å². The quantitative estimate of drug-likeness (QED) is 0.311. The lowest BCUT2D eigenvalue weighted by Gasteiger charge is -2.35. The molecule has 1 heterocycles. The number of rotatable bonds is 4. The number of hydrogen-bond donors (Lipinski definition) is 3. The fourth-order valence-electron chi connectivity index (χ4n) is 2.29. The Labute approximate surface area is 120 Å². The van der Waals surface area contributed by atoms with Crippen molar-refractivity contribution in [1.29, 1.82) is 0 Å². The number of carbonyl (C=O) groups excluding carboxylic acids is 2. The molecule has 21 heavy (non-hydrogen) atoms. The maximum absolute atomic E-state index is 11.8. The molecule has 0 bridgehead atoms. The molecule has 1 aromatic carbocycles. The first-order chi connectivity index (χ1) is 9.96.